The van der Waals surface area contributed by atoms with E-state index < -0.39 is 0 Å². The summed E-state index contributed by atoms with van der Waals surface area (Å²) >= 11 is 0. The second-order valence-electron chi connectivity index (χ2n) is 3.08. The molecule has 1 N–H and O–H groups in total. The van der Waals surface area contributed by atoms with Crippen LogP contribution in [0.15, 0.2) is 11.0 Å². The number of hydrogen-bond acceptors (Lipinski definition) is 1. The number of H-pyrrole nitrogens is 1. The molecule has 0 unspecified atom stereocenters. The zero-order valence-electron chi connectivity index (χ0n) is 7.92. The predicted molar refractivity (Wildman–Crippen MR) is 49.4 cm³/mol. The highest BCUT2D eigenvalue weighted by atomic mass is 16.1. The minimum Gasteiger partial charge on any atom is -0.312 e. The van der Waals surface area contributed by atoms with Crippen LogP contribution in [0.1, 0.15) is 38.4 Å². The third-order valence-electron chi connectivity index (χ3n) is 2.31. The van der Waals surface area contributed by atoms with Gasteiger partial charge in [0.15, 0.2) is 0 Å². The van der Waals surface area contributed by atoms with Crippen molar-refractivity contribution < 1.29 is 0 Å². The van der Waals surface area contributed by atoms with Gasteiger partial charge >= 0.3 is 5.69 Å². The Morgan fingerprint density at radius 3 is 2.42 bits per heavy atom. The van der Waals surface area contributed by atoms with Gasteiger partial charge in [0.05, 0.1) is 0 Å². The van der Waals surface area contributed by atoms with Gasteiger partial charge in [-0.15, -0.1) is 0 Å². The van der Waals surface area contributed by atoms with Gasteiger partial charge in [-0.3, -0.25) is 4.57 Å². The lowest BCUT2D eigenvalue weighted by Gasteiger charge is -2.14. The molecule has 1 rings (SSSR count). The van der Waals surface area contributed by atoms with E-state index in [1.54, 1.807) is 6.20 Å². The normalized spacial score (nSPS) is 11.0. The molecule has 1 aromatic heterocycles. The predicted octanol–water partition coefficient (Wildman–Crippen LogP) is 1.85. The first-order valence-electron chi connectivity index (χ1n) is 4.47. The molecular weight excluding hydrogens is 152 g/mol. The summed E-state index contributed by atoms with van der Waals surface area (Å²) in [7, 11) is 0. The molecular formula is C9H16N2O. The number of hydrogen-bond donors (Lipinski definition) is 1. The minimum atomic E-state index is 0.0150. The number of aromatic amines is 1. The summed E-state index contributed by atoms with van der Waals surface area (Å²) in [6.07, 6.45) is 3.78. The van der Waals surface area contributed by atoms with E-state index in [2.05, 4.69) is 18.8 Å². The van der Waals surface area contributed by atoms with Crippen molar-refractivity contribution in [2.75, 3.05) is 0 Å². The van der Waals surface area contributed by atoms with E-state index in [-0.39, 0.29) is 5.69 Å². The average molecular weight is 168 g/mol. The highest BCUT2D eigenvalue weighted by Gasteiger charge is 2.10. The van der Waals surface area contributed by atoms with Crippen LogP contribution in [0.3, 0.4) is 0 Å². The fourth-order valence-electron chi connectivity index (χ4n) is 1.57. The van der Waals surface area contributed by atoms with Crippen molar-refractivity contribution in [3.8, 4) is 0 Å². The molecule has 0 aliphatic heterocycles. The molecule has 3 heteroatoms. The number of nitrogens with zero attached hydrogens (tertiary/aromatic N) is 1. The number of nitrogens with one attached hydrogen (secondary N) is 1. The van der Waals surface area contributed by atoms with Crippen LogP contribution in [0, 0.1) is 6.92 Å². The molecule has 0 atom stereocenters. The van der Waals surface area contributed by atoms with E-state index in [1.165, 1.54) is 0 Å². The molecule has 68 valence electrons. The number of imidazole rings is 1. The van der Waals surface area contributed by atoms with Crippen molar-refractivity contribution in [2.45, 2.75) is 39.7 Å². The highest BCUT2D eigenvalue weighted by molar-refractivity contribution is 4.96. The summed E-state index contributed by atoms with van der Waals surface area (Å²) in [6, 6.07) is 0.351. The van der Waals surface area contributed by atoms with Gasteiger partial charge in [-0.25, -0.2) is 4.79 Å². The van der Waals surface area contributed by atoms with Crippen LogP contribution in [-0.4, -0.2) is 9.55 Å². The molecule has 0 aliphatic carbocycles. The second kappa shape index (κ2) is 3.61. The van der Waals surface area contributed by atoms with E-state index in [9.17, 15) is 4.79 Å². The summed E-state index contributed by atoms with van der Waals surface area (Å²) in [5, 5.41) is 0. The van der Waals surface area contributed by atoms with E-state index in [0.29, 0.717) is 6.04 Å². The van der Waals surface area contributed by atoms with Crippen LogP contribution in [-0.2, 0) is 0 Å². The molecule has 0 bridgehead atoms. The first-order valence-corrected chi connectivity index (χ1v) is 4.47. The first-order chi connectivity index (χ1) is 5.70. The summed E-state index contributed by atoms with van der Waals surface area (Å²) in [5.74, 6) is 0. The van der Waals surface area contributed by atoms with E-state index in [0.717, 1.165) is 18.5 Å². The van der Waals surface area contributed by atoms with Crippen LogP contribution >= 0.6 is 0 Å². The third kappa shape index (κ3) is 1.44. The maximum atomic E-state index is 11.3. The fourth-order valence-corrected chi connectivity index (χ4v) is 1.57. The Labute approximate surface area is 72.4 Å². The summed E-state index contributed by atoms with van der Waals surface area (Å²) in [6.45, 7) is 6.16. The van der Waals surface area contributed by atoms with Crippen LogP contribution in [0.5, 0.6) is 0 Å². The molecule has 0 aromatic carbocycles. The van der Waals surface area contributed by atoms with Crippen LogP contribution in [0.25, 0.3) is 0 Å². The van der Waals surface area contributed by atoms with Crippen molar-refractivity contribution >= 4 is 0 Å². The molecule has 3 nitrogen and oxygen atoms in total. The Morgan fingerprint density at radius 1 is 1.50 bits per heavy atom. The Kier molecular flexibility index (Phi) is 2.74. The molecule has 0 spiro atoms. The van der Waals surface area contributed by atoms with Crippen molar-refractivity contribution in [1.82, 2.24) is 9.55 Å². The highest BCUT2D eigenvalue weighted by Crippen LogP contribution is 2.14. The van der Waals surface area contributed by atoms with Gasteiger partial charge in [0, 0.05) is 17.9 Å². The van der Waals surface area contributed by atoms with Crippen LogP contribution in [0.4, 0.5) is 0 Å². The molecule has 12 heavy (non-hydrogen) atoms. The van der Waals surface area contributed by atoms with E-state index >= 15 is 0 Å². The topological polar surface area (TPSA) is 37.8 Å². The largest absolute Gasteiger partial charge is 0.325 e. The van der Waals surface area contributed by atoms with Crippen molar-refractivity contribution in [2.24, 2.45) is 0 Å². The monoisotopic (exact) mass is 168 g/mol. The molecule has 0 amide bonds. The van der Waals surface area contributed by atoms with Gasteiger partial charge in [-0.2, -0.15) is 0 Å². The lowest BCUT2D eigenvalue weighted by molar-refractivity contribution is 0.451. The Bertz CT molecular complexity index is 294. The van der Waals surface area contributed by atoms with Crippen LogP contribution < -0.4 is 5.69 Å². The maximum absolute atomic E-state index is 11.3. The number of aryl methyl sites for hydroxylation is 1. The Balaban J connectivity index is 3.06. The molecule has 0 fully saturated rings. The summed E-state index contributed by atoms with van der Waals surface area (Å²) in [5.41, 5.74) is 1.04. The molecule has 1 aromatic rings. The van der Waals surface area contributed by atoms with Gasteiger partial charge in [0.1, 0.15) is 0 Å². The zero-order valence-corrected chi connectivity index (χ0v) is 7.92. The van der Waals surface area contributed by atoms with Gasteiger partial charge in [0.25, 0.3) is 0 Å². The number of aromatic nitrogens is 2. The lowest BCUT2D eigenvalue weighted by atomic mass is 10.1. The van der Waals surface area contributed by atoms with E-state index in [4.69, 9.17) is 0 Å². The molecule has 0 aliphatic rings. The van der Waals surface area contributed by atoms with Crippen LogP contribution in [0.2, 0.25) is 0 Å². The third-order valence-corrected chi connectivity index (χ3v) is 2.31. The minimum absolute atomic E-state index is 0.0150. The van der Waals surface area contributed by atoms with Gasteiger partial charge in [0.2, 0.25) is 0 Å². The molecule has 0 saturated carbocycles. The maximum Gasteiger partial charge on any atom is 0.325 e. The Hall–Kier alpha value is -0.990. The standard InChI is InChI=1S/C9H16N2O/c1-4-8(5-2)11-7(3)6-10-9(11)12/h6,8H,4-5H2,1-3H3,(H,10,12). The van der Waals surface area contributed by atoms with E-state index in [1.807, 2.05) is 11.5 Å². The van der Waals surface area contributed by atoms with Crippen molar-refractivity contribution in [3.63, 3.8) is 0 Å². The summed E-state index contributed by atoms with van der Waals surface area (Å²) in [4.78, 5) is 14.0. The second-order valence-corrected chi connectivity index (χ2v) is 3.08. The Morgan fingerprint density at radius 2 is 2.08 bits per heavy atom. The quantitative estimate of drug-likeness (QED) is 0.734. The SMILES string of the molecule is CCC(CC)n1c(C)c[nH]c1=O. The average Bonchev–Trinajstić information content (AvgIpc) is 2.38. The van der Waals surface area contributed by atoms with Gasteiger partial charge in [-0.1, -0.05) is 13.8 Å². The van der Waals surface area contributed by atoms with Crippen molar-refractivity contribution in [3.05, 3.63) is 22.4 Å². The fraction of sp³-hybridized carbons (Fsp3) is 0.667. The number of rotatable bonds is 3. The van der Waals surface area contributed by atoms with Gasteiger partial charge < -0.3 is 4.98 Å². The molecule has 1 heterocycles. The molecule has 0 radical (unpaired) electrons. The van der Waals surface area contributed by atoms with Gasteiger partial charge in [-0.05, 0) is 19.8 Å². The molecule has 0 saturated heterocycles. The van der Waals surface area contributed by atoms with Crippen molar-refractivity contribution in [1.29, 1.82) is 0 Å². The lowest BCUT2D eigenvalue weighted by Crippen LogP contribution is -2.22. The zero-order chi connectivity index (χ0) is 9.14. The first kappa shape index (κ1) is 9.10. The smallest absolute Gasteiger partial charge is 0.312 e. The summed E-state index contributed by atoms with van der Waals surface area (Å²) < 4.78 is 1.83.